The second kappa shape index (κ2) is 5.54. The monoisotopic (exact) mass is 294 g/mol. The highest BCUT2D eigenvalue weighted by atomic mass is 16.4. The molecule has 3 fully saturated rings. The van der Waals surface area contributed by atoms with Gasteiger partial charge >= 0.3 is 5.97 Å². The second-order valence-electron chi connectivity index (χ2n) is 8.26. The first-order chi connectivity index (χ1) is 9.91. The summed E-state index contributed by atoms with van der Waals surface area (Å²) in [6.45, 7) is 7.47. The van der Waals surface area contributed by atoms with Crippen molar-refractivity contribution in [2.75, 3.05) is 19.6 Å². The lowest BCUT2D eigenvalue weighted by Crippen LogP contribution is -2.61. The molecule has 4 heteroatoms. The van der Waals surface area contributed by atoms with Crippen LogP contribution in [-0.4, -0.2) is 47.2 Å². The van der Waals surface area contributed by atoms with Gasteiger partial charge in [-0.3, -0.25) is 10.1 Å². The van der Waals surface area contributed by atoms with Crippen molar-refractivity contribution in [2.24, 2.45) is 11.3 Å². The van der Waals surface area contributed by atoms with E-state index in [4.69, 9.17) is 0 Å². The predicted molar refractivity (Wildman–Crippen MR) is 83.3 cm³/mol. The number of rotatable bonds is 6. The van der Waals surface area contributed by atoms with Gasteiger partial charge in [0.25, 0.3) is 0 Å². The predicted octanol–water partition coefficient (Wildman–Crippen LogP) is 2.48. The van der Waals surface area contributed by atoms with Crippen molar-refractivity contribution in [3.05, 3.63) is 0 Å². The third-order valence-corrected chi connectivity index (χ3v) is 5.60. The minimum absolute atomic E-state index is 0.340. The third kappa shape index (κ3) is 3.59. The van der Waals surface area contributed by atoms with E-state index in [1.165, 1.54) is 19.3 Å². The van der Waals surface area contributed by atoms with E-state index in [0.29, 0.717) is 23.9 Å². The molecule has 4 nitrogen and oxygen atoms in total. The van der Waals surface area contributed by atoms with Gasteiger partial charge in [-0.1, -0.05) is 13.8 Å². The highest BCUT2D eigenvalue weighted by Crippen LogP contribution is 2.43. The normalized spacial score (nSPS) is 29.6. The molecule has 0 aromatic rings. The number of likely N-dealkylation sites (tertiary alicyclic amines) is 1. The molecule has 3 aliphatic rings. The summed E-state index contributed by atoms with van der Waals surface area (Å²) in [5.41, 5.74) is -0.278. The number of nitrogens with zero attached hydrogens (tertiary/aromatic N) is 1. The van der Waals surface area contributed by atoms with E-state index >= 15 is 0 Å². The zero-order valence-electron chi connectivity index (χ0n) is 13.5. The van der Waals surface area contributed by atoms with Crippen molar-refractivity contribution in [3.63, 3.8) is 0 Å². The average molecular weight is 294 g/mol. The first-order valence-corrected chi connectivity index (χ1v) is 8.65. The van der Waals surface area contributed by atoms with Gasteiger partial charge in [0.15, 0.2) is 0 Å². The van der Waals surface area contributed by atoms with Gasteiger partial charge in [0.05, 0.1) is 0 Å². The first-order valence-electron chi connectivity index (χ1n) is 8.65. The van der Waals surface area contributed by atoms with Crippen LogP contribution >= 0.6 is 0 Å². The molecule has 0 spiro atoms. The van der Waals surface area contributed by atoms with E-state index in [2.05, 4.69) is 24.1 Å². The highest BCUT2D eigenvalue weighted by Gasteiger charge is 2.54. The van der Waals surface area contributed by atoms with E-state index in [-0.39, 0.29) is 0 Å². The van der Waals surface area contributed by atoms with Crippen LogP contribution in [0.5, 0.6) is 0 Å². The Morgan fingerprint density at radius 1 is 1.24 bits per heavy atom. The molecule has 0 radical (unpaired) electrons. The van der Waals surface area contributed by atoms with Crippen LogP contribution in [0.15, 0.2) is 0 Å². The molecule has 0 aromatic carbocycles. The lowest BCUT2D eigenvalue weighted by atomic mass is 9.85. The standard InChI is InChI=1S/C17H30N2O2/c1-16(2)8-3-10-19(11-9-16)12-17(15(20)21,13-4-5-13)18-14-6-7-14/h13-14,18H,3-12H2,1-2H3,(H,20,21). The highest BCUT2D eigenvalue weighted by molar-refractivity contribution is 5.80. The molecule has 1 saturated heterocycles. The molecule has 120 valence electrons. The molecule has 0 bridgehead atoms. The summed E-state index contributed by atoms with van der Waals surface area (Å²) in [5, 5.41) is 13.4. The Morgan fingerprint density at radius 3 is 2.52 bits per heavy atom. The van der Waals surface area contributed by atoms with Crippen molar-refractivity contribution in [2.45, 2.75) is 70.4 Å². The number of hydrogen-bond donors (Lipinski definition) is 2. The molecule has 1 aliphatic heterocycles. The number of aliphatic carboxylic acids is 1. The summed E-state index contributed by atoms with van der Waals surface area (Å²) in [6.07, 6.45) is 8.07. The van der Waals surface area contributed by atoms with Gasteiger partial charge in [-0.2, -0.15) is 0 Å². The number of carbonyl (C=O) groups is 1. The fourth-order valence-corrected chi connectivity index (χ4v) is 3.75. The van der Waals surface area contributed by atoms with Gasteiger partial charge in [0.1, 0.15) is 5.54 Å². The fourth-order valence-electron chi connectivity index (χ4n) is 3.75. The zero-order chi connectivity index (χ0) is 15.1. The van der Waals surface area contributed by atoms with Crippen LogP contribution in [0.4, 0.5) is 0 Å². The Bertz CT molecular complexity index is 402. The summed E-state index contributed by atoms with van der Waals surface area (Å²) in [5.74, 6) is -0.285. The zero-order valence-corrected chi connectivity index (χ0v) is 13.5. The Hall–Kier alpha value is -0.610. The molecule has 2 saturated carbocycles. The maximum Gasteiger partial charge on any atom is 0.325 e. The van der Waals surface area contributed by atoms with Crippen LogP contribution in [-0.2, 0) is 4.79 Å². The summed E-state index contributed by atoms with van der Waals surface area (Å²) in [7, 11) is 0. The van der Waals surface area contributed by atoms with Gasteiger partial charge in [-0.05, 0) is 69.4 Å². The first kappa shape index (κ1) is 15.3. The molecule has 3 rings (SSSR count). The van der Waals surface area contributed by atoms with E-state index in [1.54, 1.807) is 0 Å². The number of nitrogens with one attached hydrogen (secondary N) is 1. The molecular weight excluding hydrogens is 264 g/mol. The van der Waals surface area contributed by atoms with Crippen molar-refractivity contribution >= 4 is 5.97 Å². The van der Waals surface area contributed by atoms with Gasteiger partial charge in [-0.25, -0.2) is 0 Å². The number of carboxylic acids is 1. The van der Waals surface area contributed by atoms with Crippen LogP contribution in [0.2, 0.25) is 0 Å². The van der Waals surface area contributed by atoms with Crippen molar-refractivity contribution in [3.8, 4) is 0 Å². The summed E-state index contributed by atoms with van der Waals surface area (Å²) >= 11 is 0. The molecule has 21 heavy (non-hydrogen) atoms. The molecule has 2 aliphatic carbocycles. The smallest absolute Gasteiger partial charge is 0.325 e. The summed E-state index contributed by atoms with van der Waals surface area (Å²) in [4.78, 5) is 14.5. The Morgan fingerprint density at radius 2 is 1.95 bits per heavy atom. The van der Waals surface area contributed by atoms with Crippen molar-refractivity contribution in [1.82, 2.24) is 10.2 Å². The van der Waals surface area contributed by atoms with Crippen LogP contribution in [0.25, 0.3) is 0 Å². The van der Waals surface area contributed by atoms with E-state index in [9.17, 15) is 9.90 Å². The average Bonchev–Trinajstić information content (AvgIpc) is 3.26. The van der Waals surface area contributed by atoms with Gasteiger partial charge in [0.2, 0.25) is 0 Å². The Kier molecular flexibility index (Phi) is 4.04. The molecule has 1 atom stereocenters. The topological polar surface area (TPSA) is 52.6 Å². The number of carboxylic acid groups (broad SMARTS) is 1. The maximum absolute atomic E-state index is 12.1. The fraction of sp³-hybridized carbons (Fsp3) is 0.941. The van der Waals surface area contributed by atoms with Crippen LogP contribution in [0, 0.1) is 11.3 Å². The second-order valence-corrected chi connectivity index (χ2v) is 8.26. The third-order valence-electron chi connectivity index (χ3n) is 5.60. The Labute approximate surface area is 128 Å². The van der Waals surface area contributed by atoms with Gasteiger partial charge < -0.3 is 10.0 Å². The SMILES string of the molecule is CC1(C)CCCN(CC(NC2CC2)(C(=O)O)C2CC2)CC1. The maximum atomic E-state index is 12.1. The quantitative estimate of drug-likeness (QED) is 0.790. The van der Waals surface area contributed by atoms with Crippen LogP contribution in [0.1, 0.15) is 58.8 Å². The molecule has 0 aromatic heterocycles. The van der Waals surface area contributed by atoms with E-state index in [0.717, 1.165) is 38.8 Å². The van der Waals surface area contributed by atoms with Crippen molar-refractivity contribution < 1.29 is 9.90 Å². The molecule has 0 amide bonds. The Balaban J connectivity index is 1.70. The van der Waals surface area contributed by atoms with Crippen LogP contribution < -0.4 is 5.32 Å². The number of hydrogen-bond acceptors (Lipinski definition) is 3. The minimum Gasteiger partial charge on any atom is -0.480 e. The molecule has 1 heterocycles. The van der Waals surface area contributed by atoms with Gasteiger partial charge in [-0.15, -0.1) is 0 Å². The molecule has 1 unspecified atom stereocenters. The molecular formula is C17H30N2O2. The van der Waals surface area contributed by atoms with E-state index in [1.807, 2.05) is 0 Å². The summed E-state index contributed by atoms with van der Waals surface area (Å²) in [6, 6.07) is 0.449. The summed E-state index contributed by atoms with van der Waals surface area (Å²) < 4.78 is 0. The molecule has 2 N–H and O–H groups in total. The van der Waals surface area contributed by atoms with E-state index < -0.39 is 11.5 Å². The van der Waals surface area contributed by atoms with Gasteiger partial charge in [0, 0.05) is 12.6 Å². The van der Waals surface area contributed by atoms with Crippen molar-refractivity contribution in [1.29, 1.82) is 0 Å². The lowest BCUT2D eigenvalue weighted by Gasteiger charge is -2.36. The largest absolute Gasteiger partial charge is 0.480 e. The van der Waals surface area contributed by atoms with Crippen LogP contribution in [0.3, 0.4) is 0 Å². The minimum atomic E-state index is -0.685. The lowest BCUT2D eigenvalue weighted by molar-refractivity contribution is -0.147.